The summed E-state index contributed by atoms with van der Waals surface area (Å²) in [4.78, 5) is 12.8. The van der Waals surface area contributed by atoms with Crippen LogP contribution in [0.15, 0.2) is 35.4 Å². The highest BCUT2D eigenvalue weighted by Crippen LogP contribution is 2.34. The summed E-state index contributed by atoms with van der Waals surface area (Å²) in [5, 5.41) is 2.77. The van der Waals surface area contributed by atoms with Gasteiger partial charge in [-0.3, -0.25) is 4.79 Å². The van der Waals surface area contributed by atoms with Gasteiger partial charge >= 0.3 is 0 Å². The van der Waals surface area contributed by atoms with Crippen molar-refractivity contribution >= 4 is 21.6 Å². The number of hydrogen-bond donors (Lipinski definition) is 1. The van der Waals surface area contributed by atoms with Crippen LogP contribution in [-0.4, -0.2) is 43.1 Å². The molecule has 2 aliphatic rings. The molecule has 0 atom stereocenters. The molecule has 1 aromatic heterocycles. The highest BCUT2D eigenvalue weighted by atomic mass is 32.2. The minimum Gasteiger partial charge on any atom is -0.454 e. The van der Waals surface area contributed by atoms with E-state index in [0.717, 1.165) is 19.3 Å². The van der Waals surface area contributed by atoms with Crippen molar-refractivity contribution in [1.29, 1.82) is 0 Å². The first kappa shape index (κ1) is 17.9. The summed E-state index contributed by atoms with van der Waals surface area (Å²) in [6, 6.07) is 6.52. The Labute approximate surface area is 157 Å². The number of sulfonamides is 1. The van der Waals surface area contributed by atoms with Gasteiger partial charge in [0.1, 0.15) is 10.6 Å². The minimum atomic E-state index is -3.58. The summed E-state index contributed by atoms with van der Waals surface area (Å²) in [6.07, 6.45) is 4.26. The van der Waals surface area contributed by atoms with Crippen LogP contribution in [0.5, 0.6) is 11.5 Å². The largest absolute Gasteiger partial charge is 0.454 e. The Kier molecular flexibility index (Phi) is 4.56. The molecule has 1 N–H and O–H groups in total. The van der Waals surface area contributed by atoms with Crippen molar-refractivity contribution in [3.05, 3.63) is 36.2 Å². The quantitative estimate of drug-likeness (QED) is 0.863. The Morgan fingerprint density at radius 2 is 1.81 bits per heavy atom. The molecule has 8 nitrogen and oxygen atoms in total. The number of rotatable bonds is 4. The average Bonchev–Trinajstić information content (AvgIpc) is 3.28. The fourth-order valence-electron chi connectivity index (χ4n) is 3.32. The van der Waals surface area contributed by atoms with E-state index in [2.05, 4.69) is 5.32 Å². The third-order valence-electron chi connectivity index (χ3n) is 4.80. The number of nitrogens with one attached hydrogen (secondary N) is 1. The molecule has 1 aromatic carbocycles. The Morgan fingerprint density at radius 3 is 2.59 bits per heavy atom. The highest BCUT2D eigenvalue weighted by Gasteiger charge is 2.28. The number of hydrogen-bond acceptors (Lipinski definition) is 5. The van der Waals surface area contributed by atoms with Crippen molar-refractivity contribution in [2.75, 3.05) is 25.2 Å². The second kappa shape index (κ2) is 6.90. The van der Waals surface area contributed by atoms with E-state index in [9.17, 15) is 13.2 Å². The summed E-state index contributed by atoms with van der Waals surface area (Å²) >= 11 is 0. The second-order valence-electron chi connectivity index (χ2n) is 6.66. The van der Waals surface area contributed by atoms with E-state index >= 15 is 0 Å². The maximum absolute atomic E-state index is 12.8. The number of ether oxygens (including phenoxy) is 2. The lowest BCUT2D eigenvalue weighted by Gasteiger charge is -2.25. The van der Waals surface area contributed by atoms with E-state index in [4.69, 9.17) is 9.47 Å². The minimum absolute atomic E-state index is 0.141. The molecule has 0 radical (unpaired) electrons. The first-order chi connectivity index (χ1) is 12.9. The Balaban J connectivity index is 1.55. The first-order valence-corrected chi connectivity index (χ1v) is 10.3. The SMILES string of the molecule is Cn1cc(S(=O)(=O)N2CCCCC2)cc1C(=O)Nc1ccc2c(c1)OCO2. The smallest absolute Gasteiger partial charge is 0.272 e. The molecule has 3 heterocycles. The van der Waals surface area contributed by atoms with Gasteiger partial charge in [0.05, 0.1) is 0 Å². The van der Waals surface area contributed by atoms with Gasteiger partial charge in [0.15, 0.2) is 11.5 Å². The van der Waals surface area contributed by atoms with Crippen LogP contribution < -0.4 is 14.8 Å². The second-order valence-corrected chi connectivity index (χ2v) is 8.60. The third kappa shape index (κ3) is 3.40. The van der Waals surface area contributed by atoms with Gasteiger partial charge < -0.3 is 19.4 Å². The monoisotopic (exact) mass is 391 g/mol. The first-order valence-electron chi connectivity index (χ1n) is 8.83. The lowest BCUT2D eigenvalue weighted by molar-refractivity contribution is 0.101. The van der Waals surface area contributed by atoms with Gasteiger partial charge in [0, 0.05) is 38.1 Å². The zero-order valence-electron chi connectivity index (χ0n) is 15.0. The number of carbonyl (C=O) groups is 1. The lowest BCUT2D eigenvalue weighted by atomic mass is 10.2. The summed E-state index contributed by atoms with van der Waals surface area (Å²) in [5.41, 5.74) is 0.814. The van der Waals surface area contributed by atoms with Crippen LogP contribution in [0.2, 0.25) is 0 Å². The van der Waals surface area contributed by atoms with E-state index in [1.54, 1.807) is 25.2 Å². The number of aryl methyl sites for hydroxylation is 1. The number of benzene rings is 1. The van der Waals surface area contributed by atoms with E-state index in [0.29, 0.717) is 30.3 Å². The lowest BCUT2D eigenvalue weighted by Crippen LogP contribution is -2.35. The van der Waals surface area contributed by atoms with Crippen molar-refractivity contribution in [3.8, 4) is 11.5 Å². The topological polar surface area (TPSA) is 89.9 Å². The fourth-order valence-corrected chi connectivity index (χ4v) is 4.91. The van der Waals surface area contributed by atoms with Crippen LogP contribution in [0.25, 0.3) is 0 Å². The Morgan fingerprint density at radius 1 is 1.07 bits per heavy atom. The summed E-state index contributed by atoms with van der Waals surface area (Å²) in [7, 11) is -1.93. The number of piperidine rings is 1. The summed E-state index contributed by atoms with van der Waals surface area (Å²) in [6.45, 7) is 1.20. The van der Waals surface area contributed by atoms with Crippen LogP contribution >= 0.6 is 0 Å². The van der Waals surface area contributed by atoms with E-state index < -0.39 is 15.9 Å². The maximum atomic E-state index is 12.8. The molecular formula is C18H21N3O5S. The van der Waals surface area contributed by atoms with Crippen LogP contribution in [-0.2, 0) is 17.1 Å². The molecule has 0 aliphatic carbocycles. The molecule has 144 valence electrons. The molecule has 0 bridgehead atoms. The number of carbonyl (C=O) groups excluding carboxylic acids is 1. The maximum Gasteiger partial charge on any atom is 0.272 e. The van der Waals surface area contributed by atoms with Gasteiger partial charge in [0.25, 0.3) is 5.91 Å². The Bertz CT molecular complexity index is 977. The molecule has 1 amide bonds. The highest BCUT2D eigenvalue weighted by molar-refractivity contribution is 7.89. The summed E-state index contributed by atoms with van der Waals surface area (Å²) < 4.78 is 39.2. The predicted octanol–water partition coefficient (Wildman–Crippen LogP) is 2.18. The molecular weight excluding hydrogens is 370 g/mol. The average molecular weight is 391 g/mol. The third-order valence-corrected chi connectivity index (χ3v) is 6.66. The number of fused-ring (bicyclic) bond motifs is 1. The molecule has 2 aliphatic heterocycles. The van der Waals surface area contributed by atoms with Gasteiger partial charge in [0.2, 0.25) is 16.8 Å². The molecule has 0 spiro atoms. The van der Waals surface area contributed by atoms with Gasteiger partial charge in [-0.25, -0.2) is 8.42 Å². The molecule has 4 rings (SSSR count). The zero-order chi connectivity index (χ0) is 19.0. The standard InChI is InChI=1S/C18H21N3O5S/c1-20-11-14(27(23,24)21-7-3-2-4-8-21)10-15(20)18(22)19-13-5-6-16-17(9-13)26-12-25-16/h5-6,9-11H,2-4,7-8,12H2,1H3,(H,19,22). The number of amides is 1. The molecule has 0 saturated carbocycles. The molecule has 9 heteroatoms. The molecule has 27 heavy (non-hydrogen) atoms. The predicted molar refractivity (Wildman–Crippen MR) is 98.5 cm³/mol. The van der Waals surface area contributed by atoms with Crippen molar-refractivity contribution in [3.63, 3.8) is 0 Å². The van der Waals surface area contributed by atoms with Crippen molar-refractivity contribution < 1.29 is 22.7 Å². The van der Waals surface area contributed by atoms with Crippen molar-refractivity contribution in [2.24, 2.45) is 7.05 Å². The number of nitrogens with zero attached hydrogens (tertiary/aromatic N) is 2. The number of aromatic nitrogens is 1. The van der Waals surface area contributed by atoms with Crippen molar-refractivity contribution in [1.82, 2.24) is 8.87 Å². The van der Waals surface area contributed by atoms with Gasteiger partial charge in [-0.2, -0.15) is 4.31 Å². The summed E-state index contributed by atoms with van der Waals surface area (Å²) in [5.74, 6) is 0.797. The zero-order valence-corrected chi connectivity index (χ0v) is 15.8. The van der Waals surface area contributed by atoms with Crippen molar-refractivity contribution in [2.45, 2.75) is 24.2 Å². The fraction of sp³-hybridized carbons (Fsp3) is 0.389. The molecule has 1 saturated heterocycles. The number of anilines is 1. The van der Waals surface area contributed by atoms with Crippen LogP contribution in [0.3, 0.4) is 0 Å². The van der Waals surface area contributed by atoms with Crippen LogP contribution in [0, 0.1) is 0 Å². The van der Waals surface area contributed by atoms with E-state index in [1.165, 1.54) is 21.1 Å². The van der Waals surface area contributed by atoms with E-state index in [-0.39, 0.29) is 17.4 Å². The van der Waals surface area contributed by atoms with Gasteiger partial charge in [-0.1, -0.05) is 6.42 Å². The van der Waals surface area contributed by atoms with Gasteiger partial charge in [-0.15, -0.1) is 0 Å². The van der Waals surface area contributed by atoms with E-state index in [1.807, 2.05) is 0 Å². The Hall–Kier alpha value is -2.52. The normalized spacial score (nSPS) is 17.1. The van der Waals surface area contributed by atoms with Gasteiger partial charge in [-0.05, 0) is 31.0 Å². The molecule has 2 aromatic rings. The van der Waals surface area contributed by atoms with Crippen LogP contribution in [0.4, 0.5) is 5.69 Å². The van der Waals surface area contributed by atoms with Crippen LogP contribution in [0.1, 0.15) is 29.8 Å². The molecule has 0 unspecified atom stereocenters. The molecule has 1 fully saturated rings.